The zero-order valence-electron chi connectivity index (χ0n) is 22.7. The molecule has 1 heterocycles. The average molecular weight is 563 g/mol. The van der Waals surface area contributed by atoms with Gasteiger partial charge in [-0.2, -0.15) is 0 Å². The van der Waals surface area contributed by atoms with Gasteiger partial charge in [0.05, 0.1) is 10.5 Å². The predicted octanol–water partition coefficient (Wildman–Crippen LogP) is 5.09. The Morgan fingerprint density at radius 3 is 1.94 bits per heavy atom. The van der Waals surface area contributed by atoms with Crippen molar-refractivity contribution in [1.82, 2.24) is 4.98 Å². The summed E-state index contributed by atoms with van der Waals surface area (Å²) in [4.78, 5) is 15.5. The zero-order valence-corrected chi connectivity index (χ0v) is 26.7. The highest BCUT2D eigenvalue weighted by atomic mass is 28.2. The molecule has 1 aromatic heterocycles. The first kappa shape index (κ1) is 31.2. The van der Waals surface area contributed by atoms with Crippen molar-refractivity contribution < 1.29 is 22.6 Å². The monoisotopic (exact) mass is 562 g/mol. The topological polar surface area (TPSA) is 93.0 Å². The lowest BCUT2D eigenvalue weighted by Crippen LogP contribution is -2.53. The van der Waals surface area contributed by atoms with E-state index in [4.69, 9.17) is 17.7 Å². The van der Waals surface area contributed by atoms with Gasteiger partial charge in [0.15, 0.2) is 0 Å². The molecule has 36 heavy (non-hydrogen) atoms. The summed E-state index contributed by atoms with van der Waals surface area (Å²) in [6.45, 7) is 19.1. The molecule has 0 bridgehead atoms. The van der Waals surface area contributed by atoms with Crippen LogP contribution in [0.2, 0.25) is 26.2 Å². The van der Waals surface area contributed by atoms with Crippen LogP contribution >= 0.6 is 0 Å². The third-order valence-electron chi connectivity index (χ3n) is 7.10. The molecule has 8 nitrogen and oxygen atoms in total. The van der Waals surface area contributed by atoms with Gasteiger partial charge in [-0.15, -0.1) is 0 Å². The molecule has 8 radical (unpaired) electrons. The van der Waals surface area contributed by atoms with Gasteiger partial charge >= 0.3 is 0 Å². The lowest BCUT2D eigenvalue weighted by Gasteiger charge is -2.54. The van der Waals surface area contributed by atoms with E-state index in [1.54, 1.807) is 12.3 Å². The van der Waals surface area contributed by atoms with Crippen LogP contribution in [-0.2, 0) is 17.7 Å². The summed E-state index contributed by atoms with van der Waals surface area (Å²) in [6.07, 6.45) is 5.12. The normalized spacial score (nSPS) is 21.2. The second-order valence-corrected chi connectivity index (χ2v) is 12.7. The molecule has 0 fully saturated rings. The molecule has 12 heteroatoms. The maximum Gasteiger partial charge on any atom is 0.294 e. The number of aromatic nitrogens is 1. The maximum absolute atomic E-state index is 11.8. The summed E-state index contributed by atoms with van der Waals surface area (Å²) < 4.78 is 24.6. The number of rotatable bonds is 14. The van der Waals surface area contributed by atoms with E-state index >= 15 is 0 Å². The van der Waals surface area contributed by atoms with Crippen LogP contribution in [0.3, 0.4) is 0 Å². The molecule has 1 aliphatic rings. The van der Waals surface area contributed by atoms with Gasteiger partial charge in [-0.3, -0.25) is 15.1 Å². The minimum Gasteiger partial charge on any atom is -0.394 e. The first-order valence-corrected chi connectivity index (χ1v) is 17.7. The van der Waals surface area contributed by atoms with E-state index in [-0.39, 0.29) is 59.6 Å². The van der Waals surface area contributed by atoms with E-state index in [1.807, 2.05) is 26.2 Å². The van der Waals surface area contributed by atoms with E-state index in [0.29, 0.717) is 31.5 Å². The van der Waals surface area contributed by atoms with Crippen LogP contribution in [0.15, 0.2) is 24.5 Å². The lowest BCUT2D eigenvalue weighted by atomic mass is 9.55. The van der Waals surface area contributed by atoms with Gasteiger partial charge in [0.25, 0.3) is 5.69 Å². The molecule has 2 rings (SSSR count). The molecular formula is C24H38N2O6Si4. The average Bonchev–Trinajstić information content (AvgIpc) is 2.83. The number of allylic oxidation sites excluding steroid dienone is 2. The number of hydrogen-bond donors (Lipinski definition) is 0. The number of hydrogen-bond acceptors (Lipinski definition) is 7. The standard InChI is InChI=1S/C24H38N2O6Si4/c1-15-12-16(17-10-11-25-14-19(17)26(27)28)13-18(23(2,3)21(29-33-6)30-34-7)20(15)24(4,5)22(31-35-8)32-36-9/h10-11,13-15,18,20-22H,12H2,1-9H3/t15-,18+,20+/m0/s1. The van der Waals surface area contributed by atoms with Crippen LogP contribution in [-0.4, -0.2) is 61.5 Å². The van der Waals surface area contributed by atoms with Crippen LogP contribution in [0.1, 0.15) is 46.6 Å². The molecule has 0 aliphatic heterocycles. The van der Waals surface area contributed by atoms with E-state index in [1.165, 1.54) is 6.20 Å². The van der Waals surface area contributed by atoms with Gasteiger partial charge in [0.2, 0.25) is 39.1 Å². The molecule has 0 aromatic carbocycles. The minimum atomic E-state index is -0.427. The summed E-state index contributed by atoms with van der Waals surface area (Å²) in [7, 11) is 1.17. The van der Waals surface area contributed by atoms with Crippen molar-refractivity contribution in [2.75, 3.05) is 0 Å². The first-order valence-electron chi connectivity index (χ1n) is 12.1. The summed E-state index contributed by atoms with van der Waals surface area (Å²) in [6, 6.07) is 1.75. The zero-order chi connectivity index (χ0) is 27.1. The fourth-order valence-electron chi connectivity index (χ4n) is 5.49. The van der Waals surface area contributed by atoms with Crippen molar-refractivity contribution in [3.05, 3.63) is 40.2 Å². The predicted molar refractivity (Wildman–Crippen MR) is 146 cm³/mol. The van der Waals surface area contributed by atoms with Crippen molar-refractivity contribution in [3.8, 4) is 0 Å². The number of nitrogens with zero attached hydrogens (tertiary/aromatic N) is 2. The Morgan fingerprint density at radius 1 is 0.972 bits per heavy atom. The Morgan fingerprint density at radius 2 is 1.47 bits per heavy atom. The highest BCUT2D eigenvalue weighted by Crippen LogP contribution is 2.55. The molecule has 0 N–H and O–H groups in total. The Labute approximate surface area is 226 Å². The van der Waals surface area contributed by atoms with E-state index in [2.05, 4.69) is 45.7 Å². The highest BCUT2D eigenvalue weighted by molar-refractivity contribution is 6.26. The van der Waals surface area contributed by atoms with Crippen molar-refractivity contribution in [3.63, 3.8) is 0 Å². The lowest BCUT2D eigenvalue weighted by molar-refractivity contribution is -0.385. The van der Waals surface area contributed by atoms with Gasteiger partial charge in [0, 0.05) is 17.0 Å². The SMILES string of the molecule is C[Si]OC(O[Si]C)C(C)(C)[C@H]1[C@H](C(C)(C)C(O[Si]C)O[Si]C)C=C(c2ccncc2[N+](=O)[O-])C[C@@H]1C. The molecular weight excluding hydrogens is 525 g/mol. The largest absolute Gasteiger partial charge is 0.394 e. The van der Waals surface area contributed by atoms with E-state index in [9.17, 15) is 10.1 Å². The molecule has 0 unspecified atom stereocenters. The maximum atomic E-state index is 11.8. The quantitative estimate of drug-likeness (QED) is 0.135. The molecule has 3 atom stereocenters. The Balaban J connectivity index is 2.73. The third-order valence-corrected chi connectivity index (χ3v) is 8.90. The molecule has 0 amide bonds. The second kappa shape index (κ2) is 13.7. The van der Waals surface area contributed by atoms with Gasteiger partial charge < -0.3 is 17.7 Å². The van der Waals surface area contributed by atoms with Crippen molar-refractivity contribution in [2.45, 2.75) is 79.8 Å². The van der Waals surface area contributed by atoms with Crippen LogP contribution in [0.4, 0.5) is 5.69 Å². The van der Waals surface area contributed by atoms with E-state index in [0.717, 1.165) is 5.57 Å². The van der Waals surface area contributed by atoms with Crippen molar-refractivity contribution in [1.29, 1.82) is 0 Å². The molecule has 0 saturated carbocycles. The molecule has 1 aromatic rings. The van der Waals surface area contributed by atoms with E-state index < -0.39 is 11.7 Å². The first-order chi connectivity index (χ1) is 17.0. The Kier molecular flexibility index (Phi) is 11.9. The van der Waals surface area contributed by atoms with Gasteiger partial charge in [0.1, 0.15) is 18.8 Å². The molecule has 0 saturated heterocycles. The third kappa shape index (κ3) is 6.90. The van der Waals surface area contributed by atoms with Crippen LogP contribution in [0, 0.1) is 38.7 Å². The number of pyridine rings is 1. The van der Waals surface area contributed by atoms with Crippen molar-refractivity contribution in [2.24, 2.45) is 28.6 Å². The van der Waals surface area contributed by atoms with Gasteiger partial charge in [-0.1, -0.05) is 40.7 Å². The second-order valence-electron chi connectivity index (χ2n) is 10.2. The fourth-order valence-corrected chi connectivity index (χ4v) is 7.95. The van der Waals surface area contributed by atoms with Crippen LogP contribution in [0.5, 0.6) is 0 Å². The smallest absolute Gasteiger partial charge is 0.294 e. The van der Waals surface area contributed by atoms with Crippen molar-refractivity contribution >= 4 is 50.3 Å². The Hall–Kier alpha value is -1.00. The van der Waals surface area contributed by atoms with Crippen LogP contribution < -0.4 is 0 Å². The van der Waals surface area contributed by atoms with Crippen LogP contribution in [0.25, 0.3) is 5.57 Å². The summed E-state index contributed by atoms with van der Waals surface area (Å²) >= 11 is 0. The number of nitro groups is 1. The van der Waals surface area contributed by atoms with Gasteiger partial charge in [-0.25, -0.2) is 0 Å². The summed E-state index contributed by atoms with van der Waals surface area (Å²) in [5.74, 6) is 0.317. The van der Waals surface area contributed by atoms with Gasteiger partial charge in [-0.05, 0) is 62.0 Å². The summed E-state index contributed by atoms with van der Waals surface area (Å²) in [5.41, 5.74) is 0.854. The molecule has 1 aliphatic carbocycles. The highest BCUT2D eigenvalue weighted by Gasteiger charge is 2.53. The fraction of sp³-hybridized carbons (Fsp3) is 0.708. The summed E-state index contributed by atoms with van der Waals surface area (Å²) in [5, 5.41) is 11.8. The molecule has 0 spiro atoms. The minimum absolute atomic E-state index is 0.0215. The molecule has 196 valence electrons. The Bertz CT molecular complexity index is 889.